The lowest BCUT2D eigenvalue weighted by Crippen LogP contribution is -2.16. The van der Waals surface area contributed by atoms with E-state index in [0.717, 1.165) is 5.56 Å². The van der Waals surface area contributed by atoms with E-state index in [1.54, 1.807) is 36.4 Å². The average molecular weight is 823 g/mol. The summed E-state index contributed by atoms with van der Waals surface area (Å²) in [5, 5.41) is 51.4. The first-order chi connectivity index (χ1) is 27.7. The summed E-state index contributed by atoms with van der Waals surface area (Å²) in [5.74, 6) is -0.687. The molecular formula is C44H50N6O10. The van der Waals surface area contributed by atoms with E-state index in [2.05, 4.69) is 33.6 Å². The number of carbonyl (C=O) groups is 2. The maximum absolute atomic E-state index is 12.6. The van der Waals surface area contributed by atoms with Gasteiger partial charge in [-0.15, -0.1) is 0 Å². The Bertz CT molecular complexity index is 2580. The van der Waals surface area contributed by atoms with Crippen LogP contribution in [0.25, 0.3) is 34.2 Å². The summed E-state index contributed by atoms with van der Waals surface area (Å²) in [4.78, 5) is 47.0. The van der Waals surface area contributed by atoms with E-state index in [-0.39, 0.29) is 67.3 Å². The number of rotatable bonds is 14. The normalized spacial score (nSPS) is 10.5. The molecule has 6 aromatic rings. The maximum atomic E-state index is 12.6. The molecule has 2 aromatic heterocycles. The number of ether oxygens (including phenoxy) is 2. The molecule has 0 aliphatic carbocycles. The van der Waals surface area contributed by atoms with E-state index < -0.39 is 23.3 Å². The Morgan fingerprint density at radius 1 is 0.650 bits per heavy atom. The van der Waals surface area contributed by atoms with Crippen LogP contribution in [-0.2, 0) is 0 Å². The van der Waals surface area contributed by atoms with Gasteiger partial charge in [0.25, 0.3) is 0 Å². The summed E-state index contributed by atoms with van der Waals surface area (Å²) in [7, 11) is 0. The number of phenols is 2. The third-order valence-electron chi connectivity index (χ3n) is 8.79. The Balaban J connectivity index is 0.000000316. The lowest BCUT2D eigenvalue weighted by atomic mass is 9.98. The minimum Gasteiger partial charge on any atom is -0.508 e. The molecule has 2 heterocycles. The van der Waals surface area contributed by atoms with Crippen LogP contribution < -0.4 is 20.9 Å². The zero-order chi connectivity index (χ0) is 42.3. The third-order valence-corrected chi connectivity index (χ3v) is 8.79. The van der Waals surface area contributed by atoms with E-state index in [1.165, 1.54) is 51.6 Å². The number of aromatic amines is 2. The van der Waals surface area contributed by atoms with E-state index in [1.807, 2.05) is 33.8 Å². The van der Waals surface area contributed by atoms with Crippen molar-refractivity contribution in [1.82, 2.24) is 29.5 Å². The zero-order valence-corrected chi connectivity index (χ0v) is 32.1. The first-order valence-electron chi connectivity index (χ1n) is 17.9. The predicted octanol–water partition coefficient (Wildman–Crippen LogP) is 7.91. The molecule has 0 radical (unpaired) electrons. The van der Waals surface area contributed by atoms with Crippen LogP contribution in [-0.4, -0.2) is 75.1 Å². The Kier molecular flexibility index (Phi) is 15.7. The molecule has 0 atom stereocenters. The molecule has 0 bridgehead atoms. The summed E-state index contributed by atoms with van der Waals surface area (Å²) in [6, 6.07) is 18.1. The molecular weight excluding hydrogens is 773 g/mol. The predicted molar refractivity (Wildman–Crippen MR) is 230 cm³/mol. The molecule has 316 valence electrons. The fourth-order valence-corrected chi connectivity index (χ4v) is 5.92. The zero-order valence-electron chi connectivity index (χ0n) is 32.1. The number of nitrogens with zero attached hydrogens (tertiary/aromatic N) is 4. The van der Waals surface area contributed by atoms with Crippen LogP contribution in [0.3, 0.4) is 0 Å². The van der Waals surface area contributed by atoms with Crippen molar-refractivity contribution >= 4 is 11.9 Å². The molecule has 0 aliphatic rings. The van der Waals surface area contributed by atoms with Gasteiger partial charge in [-0.05, 0) is 83.6 Å². The highest BCUT2D eigenvalue weighted by Gasteiger charge is 2.23. The van der Waals surface area contributed by atoms with E-state index in [4.69, 9.17) is 19.7 Å². The number of benzene rings is 4. The fraction of sp³-hybridized carbons (Fsp3) is 0.227. The van der Waals surface area contributed by atoms with Gasteiger partial charge in [-0.3, -0.25) is 0 Å². The largest absolute Gasteiger partial charge is 0.508 e. The van der Waals surface area contributed by atoms with Gasteiger partial charge in [0.05, 0.1) is 33.6 Å². The molecule has 0 amide bonds. The van der Waals surface area contributed by atoms with Crippen LogP contribution in [0.1, 0.15) is 86.2 Å². The van der Waals surface area contributed by atoms with Crippen molar-refractivity contribution in [3.8, 4) is 57.1 Å². The third kappa shape index (κ3) is 10.1. The van der Waals surface area contributed by atoms with Crippen molar-refractivity contribution in [2.24, 2.45) is 0 Å². The Morgan fingerprint density at radius 2 is 1.07 bits per heavy atom. The van der Waals surface area contributed by atoms with Crippen molar-refractivity contribution in [3.63, 3.8) is 0 Å². The number of aromatic carboxylic acids is 2. The highest BCUT2D eigenvalue weighted by molar-refractivity contribution is 5.88. The second-order valence-electron chi connectivity index (χ2n) is 13.4. The van der Waals surface area contributed by atoms with Crippen molar-refractivity contribution in [3.05, 3.63) is 141 Å². The number of H-pyrrole nitrogens is 2. The molecule has 0 unspecified atom stereocenters. The lowest BCUT2D eigenvalue weighted by Gasteiger charge is -2.18. The number of phenolic OH excluding ortho intramolecular Hbond substituents is 2. The van der Waals surface area contributed by atoms with Crippen LogP contribution >= 0.6 is 0 Å². The summed E-state index contributed by atoms with van der Waals surface area (Å²) in [5.41, 5.74) is 2.43. The van der Waals surface area contributed by atoms with Crippen molar-refractivity contribution < 1.29 is 39.5 Å². The number of hydrogen-bond donors (Lipinski definition) is 6. The first kappa shape index (κ1) is 46.8. The molecule has 16 heteroatoms. The molecule has 0 fully saturated rings. The number of aromatic nitrogens is 6. The van der Waals surface area contributed by atoms with Crippen molar-refractivity contribution in [1.29, 1.82) is 0 Å². The van der Waals surface area contributed by atoms with Crippen LogP contribution in [0.15, 0.2) is 108 Å². The fourth-order valence-electron chi connectivity index (χ4n) is 5.92. The van der Waals surface area contributed by atoms with Gasteiger partial charge in [0, 0.05) is 12.1 Å². The molecule has 6 rings (SSSR count). The molecule has 0 saturated carbocycles. The highest BCUT2D eigenvalue weighted by Crippen LogP contribution is 2.40. The van der Waals surface area contributed by atoms with Crippen molar-refractivity contribution in [2.75, 3.05) is 13.2 Å². The summed E-state index contributed by atoms with van der Waals surface area (Å²) in [6.07, 6.45) is 3.28. The quantitative estimate of drug-likeness (QED) is 0.0575. The van der Waals surface area contributed by atoms with Gasteiger partial charge in [-0.2, -0.15) is 10.2 Å². The van der Waals surface area contributed by atoms with Gasteiger partial charge in [0.2, 0.25) is 0 Å². The number of hydrogen-bond acceptors (Lipinski definition) is 10. The van der Waals surface area contributed by atoms with Gasteiger partial charge < -0.3 is 29.9 Å². The topological polar surface area (TPSA) is 235 Å². The Labute approximate surface area is 346 Å². The summed E-state index contributed by atoms with van der Waals surface area (Å²) < 4.78 is 14.3. The second-order valence-corrected chi connectivity index (χ2v) is 13.4. The average Bonchev–Trinajstić information content (AvgIpc) is 3.77. The van der Waals surface area contributed by atoms with Gasteiger partial charge in [0.1, 0.15) is 36.2 Å². The van der Waals surface area contributed by atoms with E-state index in [9.17, 15) is 29.4 Å². The van der Waals surface area contributed by atoms with Gasteiger partial charge in [-0.1, -0.05) is 67.9 Å². The smallest absolute Gasteiger partial charge is 0.348 e. The number of aromatic hydroxyl groups is 2. The van der Waals surface area contributed by atoms with Crippen LogP contribution in [0, 0.1) is 0 Å². The van der Waals surface area contributed by atoms with Crippen LogP contribution in [0.4, 0.5) is 0 Å². The van der Waals surface area contributed by atoms with Crippen LogP contribution in [0.5, 0.6) is 23.0 Å². The number of nitrogens with one attached hydrogen (secondary N) is 2. The van der Waals surface area contributed by atoms with Crippen LogP contribution in [0.2, 0.25) is 0 Å². The second kappa shape index (κ2) is 20.2. The molecule has 6 N–H and O–H groups in total. The first-order valence-corrected chi connectivity index (χ1v) is 17.9. The van der Waals surface area contributed by atoms with E-state index in [0.29, 0.717) is 46.4 Å². The molecule has 16 nitrogen and oxygen atoms in total. The molecule has 0 aliphatic heterocycles. The maximum Gasteiger partial charge on any atom is 0.348 e. The minimum absolute atomic E-state index is 0. The molecule has 60 heavy (non-hydrogen) atoms. The molecule has 0 spiro atoms. The summed E-state index contributed by atoms with van der Waals surface area (Å²) >= 11 is 0. The van der Waals surface area contributed by atoms with Crippen molar-refractivity contribution in [2.45, 2.75) is 54.4 Å². The lowest BCUT2D eigenvalue weighted by molar-refractivity contribution is 0.0686. The SMILES string of the molecule is C.C.C=CCOc1cc(OCC=C)c(C(C)C)cc1-c1n[nH]c(=O)n1-c1ccc(C(=O)O)cc1.CC(C)c1cc(-c2n[nH]c(=O)n2-c2ccc(C(=O)O)cc2)c(O)cc1O. The molecule has 4 aromatic carbocycles. The van der Waals surface area contributed by atoms with Gasteiger partial charge in [-0.25, -0.2) is 38.5 Å². The van der Waals surface area contributed by atoms with Gasteiger partial charge >= 0.3 is 23.3 Å². The Morgan fingerprint density at radius 3 is 1.48 bits per heavy atom. The Hall–Kier alpha value is -7.62. The standard InChI is InChI=1S/C24H25N3O5.C18H17N3O5.2CH4/c1-5-11-31-20-14-21(32-12-6-2)19(13-18(20)15(3)4)22-25-26-24(30)27(22)17-9-7-16(8-10-17)23(28)29;1-9(2)12-7-13(15(23)8-14(12)22)16-19-20-18(26)21(16)11-5-3-10(4-6-11)17(24)25;;/h5-10,13-15H,1-2,11-12H2,3-4H3,(H,26,30)(H,28,29);3-9,22-23H,1-2H3,(H,20,26)(H,24,25);2*1H4. The monoisotopic (exact) mass is 822 g/mol. The minimum atomic E-state index is -1.07. The van der Waals surface area contributed by atoms with E-state index >= 15 is 0 Å². The highest BCUT2D eigenvalue weighted by atomic mass is 16.5. The summed E-state index contributed by atoms with van der Waals surface area (Å²) in [6.45, 7) is 15.8. The van der Waals surface area contributed by atoms with Gasteiger partial charge in [0.15, 0.2) is 11.6 Å². The number of carboxylic acid groups (broad SMARTS) is 2. The number of carboxylic acids is 2. The molecule has 0 saturated heterocycles.